The van der Waals surface area contributed by atoms with Gasteiger partial charge in [0.1, 0.15) is 11.0 Å². The average Bonchev–Trinajstić information content (AvgIpc) is 3.07. The minimum atomic E-state index is -0.277. The standard InChI is InChI=1S/C15H11ClFN3/c16-14-10-5-3-7-13(10)19-15-11(8-18-20(14)15)9-4-1-2-6-12(9)17/h1-2,4,6,8H,3,5,7H2. The van der Waals surface area contributed by atoms with Crippen molar-refractivity contribution in [2.45, 2.75) is 19.3 Å². The van der Waals surface area contributed by atoms with Gasteiger partial charge in [0.2, 0.25) is 0 Å². The fourth-order valence-electron chi connectivity index (χ4n) is 2.79. The molecule has 0 fully saturated rings. The Labute approximate surface area is 120 Å². The quantitative estimate of drug-likeness (QED) is 0.639. The molecular formula is C15H11ClFN3. The predicted octanol–water partition coefficient (Wildman–Crippen LogP) is 3.68. The van der Waals surface area contributed by atoms with Gasteiger partial charge in [0.25, 0.3) is 0 Å². The maximum atomic E-state index is 14.0. The first kappa shape index (κ1) is 11.9. The van der Waals surface area contributed by atoms with Crippen molar-refractivity contribution in [2.75, 3.05) is 0 Å². The molecule has 0 atom stereocenters. The Balaban J connectivity index is 2.03. The Hall–Kier alpha value is -1.94. The summed E-state index contributed by atoms with van der Waals surface area (Å²) in [7, 11) is 0. The highest BCUT2D eigenvalue weighted by atomic mass is 35.5. The number of aromatic nitrogens is 3. The SMILES string of the molecule is Fc1ccccc1-c1cnn2c(Cl)c3c(nc12)CCC3. The maximum absolute atomic E-state index is 14.0. The zero-order chi connectivity index (χ0) is 13.7. The van der Waals surface area contributed by atoms with E-state index >= 15 is 0 Å². The fraction of sp³-hybridized carbons (Fsp3) is 0.200. The van der Waals surface area contributed by atoms with Crippen molar-refractivity contribution in [3.05, 3.63) is 52.7 Å². The van der Waals surface area contributed by atoms with Crippen LogP contribution in [0.5, 0.6) is 0 Å². The Morgan fingerprint density at radius 1 is 1.15 bits per heavy atom. The van der Waals surface area contributed by atoms with Gasteiger partial charge in [-0.25, -0.2) is 13.9 Å². The van der Waals surface area contributed by atoms with E-state index in [1.54, 1.807) is 28.9 Å². The van der Waals surface area contributed by atoms with Crippen molar-refractivity contribution < 1.29 is 4.39 Å². The molecule has 0 saturated carbocycles. The van der Waals surface area contributed by atoms with Crippen LogP contribution in [0.3, 0.4) is 0 Å². The van der Waals surface area contributed by atoms with Gasteiger partial charge in [0.15, 0.2) is 5.65 Å². The van der Waals surface area contributed by atoms with Crippen LogP contribution in [0, 0.1) is 5.82 Å². The summed E-state index contributed by atoms with van der Waals surface area (Å²) in [6, 6.07) is 6.64. The Morgan fingerprint density at radius 3 is 2.85 bits per heavy atom. The highest BCUT2D eigenvalue weighted by Crippen LogP contribution is 2.32. The molecule has 3 nitrogen and oxygen atoms in total. The number of halogens is 2. The molecule has 0 N–H and O–H groups in total. The second-order valence-electron chi connectivity index (χ2n) is 4.95. The van der Waals surface area contributed by atoms with Crippen molar-refractivity contribution in [1.82, 2.24) is 14.6 Å². The van der Waals surface area contributed by atoms with Gasteiger partial charge in [-0.15, -0.1) is 0 Å². The minimum Gasteiger partial charge on any atom is -0.233 e. The molecule has 2 aromatic heterocycles. The first-order chi connectivity index (χ1) is 9.75. The Bertz CT molecular complexity index is 825. The molecule has 3 aromatic rings. The molecule has 0 radical (unpaired) electrons. The van der Waals surface area contributed by atoms with Crippen molar-refractivity contribution in [3.8, 4) is 11.1 Å². The summed E-state index contributed by atoms with van der Waals surface area (Å²) in [5.74, 6) is -0.277. The monoisotopic (exact) mass is 287 g/mol. The molecule has 0 unspecified atom stereocenters. The minimum absolute atomic E-state index is 0.277. The summed E-state index contributed by atoms with van der Waals surface area (Å²) in [5, 5.41) is 4.87. The molecule has 1 aliphatic rings. The lowest BCUT2D eigenvalue weighted by atomic mass is 10.1. The number of fused-ring (bicyclic) bond motifs is 2. The molecule has 1 aliphatic carbocycles. The molecule has 0 saturated heterocycles. The largest absolute Gasteiger partial charge is 0.233 e. The van der Waals surface area contributed by atoms with Gasteiger partial charge in [-0.05, 0) is 25.3 Å². The highest BCUT2D eigenvalue weighted by molar-refractivity contribution is 6.30. The van der Waals surface area contributed by atoms with Crippen molar-refractivity contribution >= 4 is 17.2 Å². The number of benzene rings is 1. The van der Waals surface area contributed by atoms with Gasteiger partial charge < -0.3 is 0 Å². The molecular weight excluding hydrogens is 277 g/mol. The van der Waals surface area contributed by atoms with E-state index in [9.17, 15) is 4.39 Å². The van der Waals surface area contributed by atoms with Crippen molar-refractivity contribution in [2.24, 2.45) is 0 Å². The molecule has 0 spiro atoms. The second kappa shape index (κ2) is 4.28. The molecule has 1 aromatic carbocycles. The third kappa shape index (κ3) is 1.58. The van der Waals surface area contributed by atoms with Gasteiger partial charge in [-0.3, -0.25) is 0 Å². The van der Waals surface area contributed by atoms with E-state index in [1.807, 2.05) is 0 Å². The summed E-state index contributed by atoms with van der Waals surface area (Å²) in [5.41, 5.74) is 3.90. The number of rotatable bonds is 1. The normalized spacial score (nSPS) is 13.9. The van der Waals surface area contributed by atoms with E-state index in [2.05, 4.69) is 10.1 Å². The summed E-state index contributed by atoms with van der Waals surface area (Å²) < 4.78 is 15.6. The van der Waals surface area contributed by atoms with Crippen LogP contribution in [0.2, 0.25) is 5.15 Å². The van der Waals surface area contributed by atoms with Crippen LogP contribution >= 0.6 is 11.6 Å². The lowest BCUT2D eigenvalue weighted by Gasteiger charge is -2.06. The molecule has 5 heteroatoms. The third-order valence-corrected chi connectivity index (χ3v) is 4.16. The molecule has 100 valence electrons. The third-order valence-electron chi connectivity index (χ3n) is 3.77. The maximum Gasteiger partial charge on any atom is 0.164 e. The van der Waals surface area contributed by atoms with E-state index in [4.69, 9.17) is 11.6 Å². The van der Waals surface area contributed by atoms with Crippen LogP contribution in [-0.2, 0) is 12.8 Å². The summed E-state index contributed by atoms with van der Waals surface area (Å²) >= 11 is 6.39. The predicted molar refractivity (Wildman–Crippen MR) is 75.4 cm³/mol. The lowest BCUT2D eigenvalue weighted by molar-refractivity contribution is 0.631. The first-order valence-corrected chi connectivity index (χ1v) is 6.93. The highest BCUT2D eigenvalue weighted by Gasteiger charge is 2.22. The van der Waals surface area contributed by atoms with Crippen LogP contribution in [0.1, 0.15) is 17.7 Å². The van der Waals surface area contributed by atoms with Crippen molar-refractivity contribution in [3.63, 3.8) is 0 Å². The summed E-state index contributed by atoms with van der Waals surface area (Å²) in [6.07, 6.45) is 4.55. The zero-order valence-corrected chi connectivity index (χ0v) is 11.4. The number of aryl methyl sites for hydroxylation is 1. The van der Waals surface area contributed by atoms with E-state index in [0.717, 1.165) is 30.5 Å². The second-order valence-corrected chi connectivity index (χ2v) is 5.31. The number of nitrogens with zero attached hydrogens (tertiary/aromatic N) is 3. The van der Waals surface area contributed by atoms with Gasteiger partial charge >= 0.3 is 0 Å². The summed E-state index contributed by atoms with van der Waals surface area (Å²) in [6.45, 7) is 0. The Kier molecular flexibility index (Phi) is 2.54. The lowest BCUT2D eigenvalue weighted by Crippen LogP contribution is -2.00. The first-order valence-electron chi connectivity index (χ1n) is 6.55. The number of hydrogen-bond donors (Lipinski definition) is 0. The van der Waals surface area contributed by atoms with Crippen LogP contribution in [0.4, 0.5) is 4.39 Å². The van der Waals surface area contributed by atoms with E-state index in [-0.39, 0.29) is 5.82 Å². The average molecular weight is 288 g/mol. The molecule has 2 heterocycles. The number of hydrogen-bond acceptors (Lipinski definition) is 2. The smallest absolute Gasteiger partial charge is 0.164 e. The van der Waals surface area contributed by atoms with Crippen LogP contribution < -0.4 is 0 Å². The van der Waals surface area contributed by atoms with Crippen LogP contribution in [0.15, 0.2) is 30.5 Å². The molecule has 0 amide bonds. The molecule has 0 bridgehead atoms. The van der Waals surface area contributed by atoms with Crippen LogP contribution in [0.25, 0.3) is 16.8 Å². The van der Waals surface area contributed by atoms with Crippen molar-refractivity contribution in [1.29, 1.82) is 0 Å². The fourth-order valence-corrected chi connectivity index (χ4v) is 3.12. The topological polar surface area (TPSA) is 30.2 Å². The zero-order valence-electron chi connectivity index (χ0n) is 10.6. The Morgan fingerprint density at radius 2 is 2.00 bits per heavy atom. The van der Waals surface area contributed by atoms with Gasteiger partial charge in [-0.1, -0.05) is 29.8 Å². The van der Waals surface area contributed by atoms with Gasteiger partial charge in [0, 0.05) is 22.4 Å². The van der Waals surface area contributed by atoms with E-state index < -0.39 is 0 Å². The van der Waals surface area contributed by atoms with E-state index in [1.165, 1.54) is 6.07 Å². The van der Waals surface area contributed by atoms with Crippen LogP contribution in [-0.4, -0.2) is 14.6 Å². The summed E-state index contributed by atoms with van der Waals surface area (Å²) in [4.78, 5) is 4.64. The molecule has 20 heavy (non-hydrogen) atoms. The molecule has 4 rings (SSSR count). The van der Waals surface area contributed by atoms with E-state index in [0.29, 0.717) is 21.9 Å². The molecule has 0 aliphatic heterocycles. The van der Waals surface area contributed by atoms with Gasteiger partial charge in [0.05, 0.1) is 6.20 Å². The van der Waals surface area contributed by atoms with Gasteiger partial charge in [-0.2, -0.15) is 5.10 Å².